The molecular formula is C25H32N4O7. The summed E-state index contributed by atoms with van der Waals surface area (Å²) in [6.07, 6.45) is 1.16. The second-order valence-electron chi connectivity index (χ2n) is 9.49. The van der Waals surface area contributed by atoms with Gasteiger partial charge < -0.3 is 25.1 Å². The Morgan fingerprint density at radius 2 is 1.92 bits per heavy atom. The van der Waals surface area contributed by atoms with Crippen LogP contribution in [0.5, 0.6) is 0 Å². The molecule has 0 aliphatic carbocycles. The van der Waals surface area contributed by atoms with E-state index in [-0.39, 0.29) is 25.9 Å². The number of fused-ring (bicyclic) bond motifs is 1. The van der Waals surface area contributed by atoms with Gasteiger partial charge in [0.2, 0.25) is 11.8 Å². The van der Waals surface area contributed by atoms with Crippen LogP contribution in [0.4, 0.5) is 4.79 Å². The molecule has 4 amide bonds. The smallest absolute Gasteiger partial charge is 0.408 e. The molecule has 1 aromatic carbocycles. The van der Waals surface area contributed by atoms with Gasteiger partial charge in [-0.15, -0.1) is 0 Å². The maximum atomic E-state index is 13.3. The van der Waals surface area contributed by atoms with E-state index in [9.17, 15) is 24.0 Å². The van der Waals surface area contributed by atoms with Gasteiger partial charge in [-0.3, -0.25) is 24.1 Å². The molecule has 0 bridgehead atoms. The van der Waals surface area contributed by atoms with Crippen LogP contribution in [0.15, 0.2) is 30.5 Å². The summed E-state index contributed by atoms with van der Waals surface area (Å²) in [5.41, 5.74) is 0.884. The Morgan fingerprint density at radius 1 is 1.19 bits per heavy atom. The van der Waals surface area contributed by atoms with Gasteiger partial charge in [-0.2, -0.15) is 0 Å². The monoisotopic (exact) mass is 500 g/mol. The number of hydrogen-bond donors (Lipinski definition) is 3. The van der Waals surface area contributed by atoms with Gasteiger partial charge in [0.1, 0.15) is 24.2 Å². The highest BCUT2D eigenvalue weighted by atomic mass is 16.6. The van der Waals surface area contributed by atoms with Crippen LogP contribution >= 0.6 is 0 Å². The average molecular weight is 501 g/mol. The lowest BCUT2D eigenvalue weighted by Gasteiger charge is -2.31. The van der Waals surface area contributed by atoms with E-state index in [0.717, 1.165) is 21.4 Å². The van der Waals surface area contributed by atoms with Crippen molar-refractivity contribution in [3.8, 4) is 0 Å². The molecule has 0 saturated carbocycles. The van der Waals surface area contributed by atoms with E-state index in [2.05, 4.69) is 15.6 Å². The molecule has 1 aromatic heterocycles. The number of imide groups is 1. The number of aromatic amines is 1. The number of benzene rings is 1. The number of likely N-dealkylation sites (tertiary alicyclic amines) is 1. The van der Waals surface area contributed by atoms with Crippen molar-refractivity contribution in [2.75, 3.05) is 13.2 Å². The predicted molar refractivity (Wildman–Crippen MR) is 130 cm³/mol. The molecular weight excluding hydrogens is 468 g/mol. The zero-order chi connectivity index (χ0) is 26.5. The molecule has 0 unspecified atom stereocenters. The van der Waals surface area contributed by atoms with E-state index in [0.29, 0.717) is 0 Å². The third kappa shape index (κ3) is 6.83. The number of alkyl carbamates (subject to hydrolysis) is 1. The van der Waals surface area contributed by atoms with Crippen molar-refractivity contribution < 1.29 is 33.4 Å². The number of piperidine rings is 1. The quantitative estimate of drug-likeness (QED) is 0.370. The minimum absolute atomic E-state index is 0.0251. The van der Waals surface area contributed by atoms with Crippen molar-refractivity contribution in [2.45, 2.75) is 64.6 Å². The van der Waals surface area contributed by atoms with Gasteiger partial charge in [-0.1, -0.05) is 18.2 Å². The van der Waals surface area contributed by atoms with E-state index < -0.39 is 54.0 Å². The zero-order valence-corrected chi connectivity index (χ0v) is 20.9. The Labute approximate surface area is 208 Å². The molecule has 2 atom stereocenters. The van der Waals surface area contributed by atoms with Gasteiger partial charge in [0.05, 0.1) is 6.61 Å². The molecule has 36 heavy (non-hydrogen) atoms. The molecule has 11 nitrogen and oxygen atoms in total. The van der Waals surface area contributed by atoms with Gasteiger partial charge in [0.15, 0.2) is 0 Å². The van der Waals surface area contributed by atoms with Crippen molar-refractivity contribution in [1.82, 2.24) is 20.5 Å². The van der Waals surface area contributed by atoms with Crippen molar-refractivity contribution in [3.05, 3.63) is 36.0 Å². The van der Waals surface area contributed by atoms with Gasteiger partial charge in [-0.25, -0.2) is 4.79 Å². The van der Waals surface area contributed by atoms with Crippen LogP contribution < -0.4 is 10.6 Å². The summed E-state index contributed by atoms with van der Waals surface area (Å²) < 4.78 is 10.2. The van der Waals surface area contributed by atoms with Crippen LogP contribution in [0.2, 0.25) is 0 Å². The fourth-order valence-corrected chi connectivity index (χ4v) is 3.92. The minimum Gasteiger partial charge on any atom is -0.465 e. The maximum absolute atomic E-state index is 13.3. The molecule has 11 heteroatoms. The van der Waals surface area contributed by atoms with Gasteiger partial charge in [0, 0.05) is 29.9 Å². The Balaban J connectivity index is 1.77. The molecule has 1 fully saturated rings. The van der Waals surface area contributed by atoms with E-state index in [1.807, 2.05) is 24.3 Å². The summed E-state index contributed by atoms with van der Waals surface area (Å²) in [4.78, 5) is 66.7. The van der Waals surface area contributed by atoms with Crippen molar-refractivity contribution >= 4 is 40.7 Å². The molecule has 0 radical (unpaired) electrons. The third-order valence-corrected chi connectivity index (χ3v) is 5.53. The Morgan fingerprint density at radius 3 is 2.61 bits per heavy atom. The first-order valence-corrected chi connectivity index (χ1v) is 11.8. The lowest BCUT2D eigenvalue weighted by molar-refractivity contribution is -0.158. The van der Waals surface area contributed by atoms with Crippen molar-refractivity contribution in [1.29, 1.82) is 0 Å². The lowest BCUT2D eigenvalue weighted by Crippen LogP contribution is -2.59. The van der Waals surface area contributed by atoms with Crippen molar-refractivity contribution in [3.63, 3.8) is 0 Å². The third-order valence-electron chi connectivity index (χ3n) is 5.53. The fraction of sp³-hybridized carbons (Fsp3) is 0.480. The lowest BCUT2D eigenvalue weighted by atomic mass is 10.0. The molecule has 1 saturated heterocycles. The highest BCUT2D eigenvalue weighted by Gasteiger charge is 2.38. The summed E-state index contributed by atoms with van der Waals surface area (Å²) in [6, 6.07) is 5.44. The zero-order valence-electron chi connectivity index (χ0n) is 20.9. The van der Waals surface area contributed by atoms with E-state index in [1.165, 1.54) is 0 Å². The van der Waals surface area contributed by atoms with Gasteiger partial charge in [0.25, 0.3) is 5.91 Å². The topological polar surface area (TPSA) is 147 Å². The van der Waals surface area contributed by atoms with Crippen LogP contribution in [0.25, 0.3) is 10.9 Å². The number of carbonyl (C=O) groups excluding carboxylic acids is 5. The number of hydrogen-bond acceptors (Lipinski definition) is 7. The van der Waals surface area contributed by atoms with Crippen LogP contribution in [-0.4, -0.2) is 70.5 Å². The second-order valence-corrected chi connectivity index (χ2v) is 9.49. The van der Waals surface area contributed by atoms with Gasteiger partial charge >= 0.3 is 12.1 Å². The van der Waals surface area contributed by atoms with E-state index >= 15 is 0 Å². The van der Waals surface area contributed by atoms with Crippen molar-refractivity contribution in [2.24, 2.45) is 0 Å². The molecule has 2 aromatic rings. The van der Waals surface area contributed by atoms with Crippen LogP contribution in [-0.2, 0) is 35.1 Å². The number of nitrogens with one attached hydrogen (secondary N) is 3. The number of amides is 4. The SMILES string of the molecule is CCOC(=O)CN1C(=O)CC[C@H](NC(=O)[C@H](Cc2c[nH]c3ccccc23)NC(=O)OC(C)(C)C)C1=O. The highest BCUT2D eigenvalue weighted by molar-refractivity contribution is 6.04. The molecule has 3 rings (SSSR count). The van der Waals surface area contributed by atoms with Crippen LogP contribution in [0.1, 0.15) is 46.1 Å². The van der Waals surface area contributed by atoms with E-state index in [4.69, 9.17) is 9.47 Å². The summed E-state index contributed by atoms with van der Waals surface area (Å²) in [7, 11) is 0. The maximum Gasteiger partial charge on any atom is 0.408 e. The number of para-hydroxylation sites is 1. The number of esters is 1. The molecule has 1 aliphatic rings. The first kappa shape index (κ1) is 26.7. The normalized spacial score (nSPS) is 17.0. The average Bonchev–Trinajstić information content (AvgIpc) is 3.20. The summed E-state index contributed by atoms with van der Waals surface area (Å²) >= 11 is 0. The summed E-state index contributed by atoms with van der Waals surface area (Å²) in [5.74, 6) is -2.54. The number of carbonyl (C=O) groups is 5. The fourth-order valence-electron chi connectivity index (χ4n) is 3.92. The summed E-state index contributed by atoms with van der Waals surface area (Å²) in [6.45, 7) is 6.33. The number of ether oxygens (including phenoxy) is 2. The Bertz CT molecular complexity index is 1150. The highest BCUT2D eigenvalue weighted by Crippen LogP contribution is 2.20. The summed E-state index contributed by atoms with van der Waals surface area (Å²) in [5, 5.41) is 6.12. The first-order chi connectivity index (χ1) is 17.0. The molecule has 1 aliphatic heterocycles. The largest absolute Gasteiger partial charge is 0.465 e. The Hall–Kier alpha value is -3.89. The number of H-pyrrole nitrogens is 1. The van der Waals surface area contributed by atoms with Crippen LogP contribution in [0, 0.1) is 0 Å². The first-order valence-electron chi connectivity index (χ1n) is 11.8. The van der Waals surface area contributed by atoms with Gasteiger partial charge in [-0.05, 0) is 45.7 Å². The number of aromatic nitrogens is 1. The molecule has 0 spiro atoms. The Kier molecular flexibility index (Phi) is 8.33. The van der Waals surface area contributed by atoms with E-state index in [1.54, 1.807) is 33.9 Å². The number of nitrogens with zero attached hydrogens (tertiary/aromatic N) is 1. The number of rotatable bonds is 8. The van der Waals surface area contributed by atoms with Crippen LogP contribution in [0.3, 0.4) is 0 Å². The molecule has 194 valence electrons. The minimum atomic E-state index is -1.07. The predicted octanol–water partition coefficient (Wildman–Crippen LogP) is 1.80. The standard InChI is InChI=1S/C25H32N4O7/c1-5-35-21(31)14-29-20(30)11-10-18(23(29)33)27-22(32)19(28-24(34)36-25(2,3)4)12-15-13-26-17-9-7-6-8-16(15)17/h6-9,13,18-19,26H,5,10-12,14H2,1-4H3,(H,27,32)(H,28,34)/t18-,19-/m0/s1. The second kappa shape index (κ2) is 11.2. The molecule has 2 heterocycles. The molecule has 3 N–H and O–H groups in total.